The van der Waals surface area contributed by atoms with Crippen LogP contribution in [0.3, 0.4) is 0 Å². The largest absolute Gasteiger partial charge is 0.443 e. The second kappa shape index (κ2) is 8.62. The summed E-state index contributed by atoms with van der Waals surface area (Å²) in [5.41, 5.74) is 2.15. The van der Waals surface area contributed by atoms with Crippen LogP contribution < -0.4 is 5.32 Å². The minimum absolute atomic E-state index is 0.0904. The number of nitrogens with one attached hydrogen (secondary N) is 1. The van der Waals surface area contributed by atoms with Crippen molar-refractivity contribution >= 4 is 11.8 Å². The van der Waals surface area contributed by atoms with Gasteiger partial charge in [0, 0.05) is 38.2 Å². The number of benzene rings is 1. The predicted octanol–water partition coefficient (Wildman–Crippen LogP) is 2.02. The lowest BCUT2D eigenvalue weighted by atomic mass is 10.1. The third-order valence-electron chi connectivity index (χ3n) is 4.23. The van der Waals surface area contributed by atoms with Crippen molar-refractivity contribution in [1.29, 1.82) is 0 Å². The lowest BCUT2D eigenvalue weighted by Gasteiger charge is -2.21. The molecule has 2 amide bonds. The first-order valence-corrected chi connectivity index (χ1v) is 8.79. The highest BCUT2D eigenvalue weighted by atomic mass is 16.5. The Labute approximate surface area is 152 Å². The molecule has 1 aromatic heterocycles. The van der Waals surface area contributed by atoms with E-state index in [2.05, 4.69) is 10.3 Å². The SMILES string of the molecule is Cc1cccc(-c2ocnc2C(=O)N2CCCOCCNC(=O)CC2)c1. The molecule has 7 heteroatoms. The highest BCUT2D eigenvalue weighted by Gasteiger charge is 2.24. The third kappa shape index (κ3) is 4.49. The van der Waals surface area contributed by atoms with Crippen LogP contribution in [0.4, 0.5) is 0 Å². The quantitative estimate of drug-likeness (QED) is 0.889. The van der Waals surface area contributed by atoms with E-state index in [-0.39, 0.29) is 23.9 Å². The zero-order valence-corrected chi connectivity index (χ0v) is 14.9. The lowest BCUT2D eigenvalue weighted by molar-refractivity contribution is -0.121. The first-order valence-electron chi connectivity index (χ1n) is 8.79. The highest BCUT2D eigenvalue weighted by molar-refractivity contribution is 5.97. The summed E-state index contributed by atoms with van der Waals surface area (Å²) in [5.74, 6) is 0.128. The van der Waals surface area contributed by atoms with Gasteiger partial charge in [0.25, 0.3) is 5.91 Å². The summed E-state index contributed by atoms with van der Waals surface area (Å²) >= 11 is 0. The Kier molecular flexibility index (Phi) is 6.01. The molecule has 7 nitrogen and oxygen atoms in total. The number of hydrogen-bond donors (Lipinski definition) is 1. The molecule has 3 rings (SSSR count). The molecule has 1 saturated heterocycles. The Morgan fingerprint density at radius 3 is 3.00 bits per heavy atom. The molecule has 0 aliphatic carbocycles. The Hall–Kier alpha value is -2.67. The Bertz CT molecular complexity index is 772. The first kappa shape index (κ1) is 18.1. The van der Waals surface area contributed by atoms with E-state index in [0.717, 1.165) is 11.1 Å². The average molecular weight is 357 g/mol. The number of aryl methyl sites for hydroxylation is 1. The third-order valence-corrected chi connectivity index (χ3v) is 4.23. The second-order valence-corrected chi connectivity index (χ2v) is 6.26. The smallest absolute Gasteiger partial charge is 0.276 e. The summed E-state index contributed by atoms with van der Waals surface area (Å²) in [6.07, 6.45) is 2.24. The van der Waals surface area contributed by atoms with Crippen molar-refractivity contribution < 1.29 is 18.7 Å². The molecule has 2 heterocycles. The molecule has 0 bridgehead atoms. The number of carbonyl (C=O) groups excluding carboxylic acids is 2. The van der Waals surface area contributed by atoms with Gasteiger partial charge < -0.3 is 19.4 Å². The van der Waals surface area contributed by atoms with Crippen molar-refractivity contribution in [2.75, 3.05) is 32.8 Å². The van der Waals surface area contributed by atoms with E-state index < -0.39 is 0 Å². The van der Waals surface area contributed by atoms with Crippen molar-refractivity contribution in [1.82, 2.24) is 15.2 Å². The molecule has 1 aliphatic heterocycles. The van der Waals surface area contributed by atoms with E-state index in [0.29, 0.717) is 45.0 Å². The van der Waals surface area contributed by atoms with Crippen LogP contribution in [-0.4, -0.2) is 54.5 Å². The molecule has 0 atom stereocenters. The zero-order chi connectivity index (χ0) is 18.4. The van der Waals surface area contributed by atoms with Gasteiger partial charge in [-0.05, 0) is 19.4 Å². The van der Waals surface area contributed by atoms with Gasteiger partial charge in [-0.15, -0.1) is 0 Å². The van der Waals surface area contributed by atoms with E-state index in [9.17, 15) is 9.59 Å². The molecule has 0 spiro atoms. The fraction of sp³-hybridized carbons (Fsp3) is 0.421. The number of hydrogen-bond acceptors (Lipinski definition) is 5. The summed E-state index contributed by atoms with van der Waals surface area (Å²) < 4.78 is 10.9. The predicted molar refractivity (Wildman–Crippen MR) is 95.6 cm³/mol. The molecule has 2 aromatic rings. The summed E-state index contributed by atoms with van der Waals surface area (Å²) in [5, 5.41) is 2.78. The number of amides is 2. The minimum Gasteiger partial charge on any atom is -0.443 e. The molecular weight excluding hydrogens is 334 g/mol. The fourth-order valence-electron chi connectivity index (χ4n) is 2.90. The van der Waals surface area contributed by atoms with E-state index in [1.165, 1.54) is 6.39 Å². The van der Waals surface area contributed by atoms with Gasteiger partial charge in [-0.1, -0.05) is 23.8 Å². The summed E-state index contributed by atoms with van der Waals surface area (Å²) in [6.45, 7) is 4.35. The summed E-state index contributed by atoms with van der Waals surface area (Å²) in [7, 11) is 0. The highest BCUT2D eigenvalue weighted by Crippen LogP contribution is 2.25. The summed E-state index contributed by atoms with van der Waals surface area (Å²) in [6, 6.07) is 7.73. The molecule has 138 valence electrons. The number of carbonyl (C=O) groups is 2. The van der Waals surface area contributed by atoms with Gasteiger partial charge in [-0.2, -0.15) is 0 Å². The maximum atomic E-state index is 13.0. The van der Waals surface area contributed by atoms with Crippen molar-refractivity contribution in [2.45, 2.75) is 19.8 Å². The van der Waals surface area contributed by atoms with Crippen LogP contribution in [-0.2, 0) is 9.53 Å². The van der Waals surface area contributed by atoms with Crippen LogP contribution in [0, 0.1) is 6.92 Å². The number of nitrogens with zero attached hydrogens (tertiary/aromatic N) is 2. The van der Waals surface area contributed by atoms with Crippen molar-refractivity contribution in [3.8, 4) is 11.3 Å². The van der Waals surface area contributed by atoms with E-state index in [1.54, 1.807) is 4.90 Å². The monoisotopic (exact) mass is 357 g/mol. The Balaban J connectivity index is 1.80. The Morgan fingerprint density at radius 1 is 1.27 bits per heavy atom. The molecule has 0 radical (unpaired) electrons. The number of rotatable bonds is 2. The van der Waals surface area contributed by atoms with Crippen molar-refractivity contribution in [3.63, 3.8) is 0 Å². The second-order valence-electron chi connectivity index (χ2n) is 6.26. The van der Waals surface area contributed by atoms with E-state index >= 15 is 0 Å². The van der Waals surface area contributed by atoms with Gasteiger partial charge in [-0.3, -0.25) is 9.59 Å². The van der Waals surface area contributed by atoms with Crippen molar-refractivity contribution in [2.24, 2.45) is 0 Å². The van der Waals surface area contributed by atoms with Crippen LogP contribution in [0.15, 0.2) is 35.1 Å². The van der Waals surface area contributed by atoms with Gasteiger partial charge in [0.2, 0.25) is 5.91 Å². The van der Waals surface area contributed by atoms with Crippen molar-refractivity contribution in [3.05, 3.63) is 41.9 Å². The van der Waals surface area contributed by atoms with Crippen LogP contribution in [0.2, 0.25) is 0 Å². The Morgan fingerprint density at radius 2 is 2.15 bits per heavy atom. The zero-order valence-electron chi connectivity index (χ0n) is 14.9. The van der Waals surface area contributed by atoms with Gasteiger partial charge in [0.15, 0.2) is 17.8 Å². The maximum absolute atomic E-state index is 13.0. The molecule has 1 N–H and O–H groups in total. The average Bonchev–Trinajstić information content (AvgIpc) is 3.10. The standard InChI is InChI=1S/C19H23N3O4/c1-14-4-2-5-15(12-14)18-17(21-13-26-18)19(24)22-8-3-10-25-11-7-20-16(23)6-9-22/h2,4-5,12-13H,3,6-11H2,1H3,(H,20,23). The fourth-order valence-corrected chi connectivity index (χ4v) is 2.90. The number of oxazole rings is 1. The van der Waals surface area contributed by atoms with Crippen LogP contribution >= 0.6 is 0 Å². The van der Waals surface area contributed by atoms with Crippen LogP contribution in [0.25, 0.3) is 11.3 Å². The number of ether oxygens (including phenoxy) is 1. The first-order chi connectivity index (χ1) is 12.6. The van der Waals surface area contributed by atoms with Crippen LogP contribution in [0.1, 0.15) is 28.9 Å². The van der Waals surface area contributed by atoms with Gasteiger partial charge >= 0.3 is 0 Å². The van der Waals surface area contributed by atoms with E-state index in [1.807, 2.05) is 31.2 Å². The topological polar surface area (TPSA) is 84.7 Å². The molecule has 1 aromatic carbocycles. The van der Waals surface area contributed by atoms with Gasteiger partial charge in [-0.25, -0.2) is 4.98 Å². The molecule has 1 aliphatic rings. The normalized spacial score (nSPS) is 16.7. The van der Waals surface area contributed by atoms with Gasteiger partial charge in [0.1, 0.15) is 0 Å². The maximum Gasteiger partial charge on any atom is 0.276 e. The minimum atomic E-state index is -0.234. The van der Waals surface area contributed by atoms with Crippen LogP contribution in [0.5, 0.6) is 0 Å². The molecule has 0 unspecified atom stereocenters. The summed E-state index contributed by atoms with van der Waals surface area (Å²) in [4.78, 5) is 30.7. The van der Waals surface area contributed by atoms with Gasteiger partial charge in [0.05, 0.1) is 6.61 Å². The molecule has 0 saturated carbocycles. The molecular formula is C19H23N3O4. The molecule has 26 heavy (non-hydrogen) atoms. The molecule has 1 fully saturated rings. The number of aromatic nitrogens is 1. The lowest BCUT2D eigenvalue weighted by Crippen LogP contribution is -2.36. The van der Waals surface area contributed by atoms with E-state index in [4.69, 9.17) is 9.15 Å².